The van der Waals surface area contributed by atoms with Gasteiger partial charge in [0.05, 0.1) is 24.2 Å². The first-order chi connectivity index (χ1) is 18.2. The first-order valence-corrected chi connectivity index (χ1v) is 14.4. The average molecular weight is 504 g/mol. The van der Waals surface area contributed by atoms with Crippen LogP contribution in [-0.2, 0) is 32.5 Å². The Bertz CT molecular complexity index is 1190. The number of rotatable bonds is 7. The fourth-order valence-electron chi connectivity index (χ4n) is 8.65. The number of aromatic hydroxyl groups is 1. The topological polar surface area (TPSA) is 60.4 Å². The van der Waals surface area contributed by atoms with Gasteiger partial charge in [-0.3, -0.25) is 4.90 Å². The highest BCUT2D eigenvalue weighted by molar-refractivity contribution is 5.63. The maximum atomic E-state index is 11.0. The fourth-order valence-corrected chi connectivity index (χ4v) is 8.65. The lowest BCUT2D eigenvalue weighted by molar-refractivity contribution is -0.306. The van der Waals surface area contributed by atoms with Crippen LogP contribution in [0.2, 0.25) is 0 Å². The zero-order chi connectivity index (χ0) is 24.7. The monoisotopic (exact) mass is 503 g/mol. The molecule has 2 spiro atoms. The summed E-state index contributed by atoms with van der Waals surface area (Å²) < 4.78 is 26.8. The first kappa shape index (κ1) is 22.8. The van der Waals surface area contributed by atoms with Gasteiger partial charge in [-0.2, -0.15) is 0 Å². The summed E-state index contributed by atoms with van der Waals surface area (Å²) in [4.78, 5) is 2.75. The van der Waals surface area contributed by atoms with Crippen molar-refractivity contribution in [3.05, 3.63) is 59.2 Å². The Labute approximate surface area is 218 Å². The molecule has 2 aromatic rings. The Balaban J connectivity index is 1.22. The summed E-state index contributed by atoms with van der Waals surface area (Å²) in [5.41, 5.74) is 3.08. The normalized spacial score (nSPS) is 34.9. The third-order valence-corrected chi connectivity index (χ3v) is 10.3. The first-order valence-electron chi connectivity index (χ1n) is 14.4. The lowest BCUT2D eigenvalue weighted by Gasteiger charge is -2.67. The van der Waals surface area contributed by atoms with Gasteiger partial charge in [-0.25, -0.2) is 0 Å². The second kappa shape index (κ2) is 8.19. The van der Waals surface area contributed by atoms with Crippen molar-refractivity contribution in [2.75, 3.05) is 32.9 Å². The number of ether oxygens (including phenoxy) is 4. The van der Waals surface area contributed by atoms with Crippen molar-refractivity contribution in [3.63, 3.8) is 0 Å². The van der Waals surface area contributed by atoms with Crippen LogP contribution < -0.4 is 4.74 Å². The number of aryl methyl sites for hydroxylation is 1. The van der Waals surface area contributed by atoms with E-state index in [2.05, 4.69) is 41.3 Å². The number of hydrogen-bond donors (Lipinski definition) is 1. The van der Waals surface area contributed by atoms with Gasteiger partial charge in [0.2, 0.25) is 5.79 Å². The molecule has 6 nitrogen and oxygen atoms in total. The van der Waals surface area contributed by atoms with Crippen molar-refractivity contribution in [1.82, 2.24) is 4.90 Å². The standard InChI is InChI=1S/C31H37NO5/c33-24-11-10-23-19-25-30(34-16-4-7-21-5-2-1-3-6-21)12-13-31(35-17-18-36-31)28-29(30,26(23)27(24)37-28)14-15-32(25)20-22-8-9-22/h1-3,5-6,10-11,22,25,28,33H,4,7-9,12-20H2/t25?,28-,29+,30-/m1/s1. The molecule has 0 aromatic heterocycles. The smallest absolute Gasteiger partial charge is 0.207 e. The van der Waals surface area contributed by atoms with Crippen LogP contribution in [0.15, 0.2) is 42.5 Å². The van der Waals surface area contributed by atoms with Crippen LogP contribution in [0.1, 0.15) is 55.2 Å². The largest absolute Gasteiger partial charge is 0.504 e. The molecule has 3 aliphatic heterocycles. The van der Waals surface area contributed by atoms with Crippen molar-refractivity contribution in [2.24, 2.45) is 5.92 Å². The Morgan fingerprint density at radius 2 is 1.84 bits per heavy atom. The predicted octanol–water partition coefficient (Wildman–Crippen LogP) is 4.36. The summed E-state index contributed by atoms with van der Waals surface area (Å²) in [6.07, 6.45) is 7.93. The highest BCUT2D eigenvalue weighted by atomic mass is 16.8. The van der Waals surface area contributed by atoms with E-state index in [1.54, 1.807) is 0 Å². The summed E-state index contributed by atoms with van der Waals surface area (Å²) in [5.74, 6) is 0.940. The van der Waals surface area contributed by atoms with Gasteiger partial charge in [0.15, 0.2) is 17.6 Å². The molecule has 37 heavy (non-hydrogen) atoms. The van der Waals surface area contributed by atoms with Crippen LogP contribution in [-0.4, -0.2) is 66.5 Å². The summed E-state index contributed by atoms with van der Waals surface area (Å²) in [5, 5.41) is 11.0. The van der Waals surface area contributed by atoms with E-state index >= 15 is 0 Å². The number of benzene rings is 2. The van der Waals surface area contributed by atoms with E-state index in [0.29, 0.717) is 25.0 Å². The van der Waals surface area contributed by atoms with Crippen LogP contribution in [0.25, 0.3) is 0 Å². The van der Waals surface area contributed by atoms with Crippen LogP contribution in [0.5, 0.6) is 11.5 Å². The van der Waals surface area contributed by atoms with Gasteiger partial charge in [0, 0.05) is 31.2 Å². The highest BCUT2D eigenvalue weighted by Gasteiger charge is 2.78. The van der Waals surface area contributed by atoms with Gasteiger partial charge >= 0.3 is 0 Å². The van der Waals surface area contributed by atoms with Crippen molar-refractivity contribution >= 4 is 0 Å². The molecule has 6 heteroatoms. The van der Waals surface area contributed by atoms with Crippen molar-refractivity contribution < 1.29 is 24.1 Å². The minimum atomic E-state index is -0.764. The maximum absolute atomic E-state index is 11.0. The van der Waals surface area contributed by atoms with Crippen LogP contribution in [0.4, 0.5) is 0 Å². The Morgan fingerprint density at radius 3 is 2.65 bits per heavy atom. The van der Waals surface area contributed by atoms with Gasteiger partial charge in [-0.05, 0) is 74.6 Å². The van der Waals surface area contributed by atoms with E-state index in [0.717, 1.165) is 57.6 Å². The summed E-state index contributed by atoms with van der Waals surface area (Å²) >= 11 is 0. The molecular formula is C31H37NO5. The number of piperidine rings is 1. The second-order valence-corrected chi connectivity index (χ2v) is 12.2. The molecule has 2 saturated carbocycles. The van der Waals surface area contributed by atoms with Gasteiger partial charge in [0.1, 0.15) is 0 Å². The zero-order valence-electron chi connectivity index (χ0n) is 21.5. The number of hydrogen-bond acceptors (Lipinski definition) is 6. The fraction of sp³-hybridized carbons (Fsp3) is 0.613. The molecule has 8 rings (SSSR count). The van der Waals surface area contributed by atoms with E-state index in [1.807, 2.05) is 6.07 Å². The van der Waals surface area contributed by atoms with Crippen molar-refractivity contribution in [1.29, 1.82) is 0 Å². The lowest BCUT2D eigenvalue weighted by Crippen LogP contribution is -2.80. The molecule has 3 heterocycles. The molecule has 196 valence electrons. The van der Waals surface area contributed by atoms with Crippen molar-refractivity contribution in [2.45, 2.75) is 80.3 Å². The van der Waals surface area contributed by atoms with Crippen LogP contribution in [0, 0.1) is 5.92 Å². The predicted molar refractivity (Wildman–Crippen MR) is 138 cm³/mol. The molecule has 1 N–H and O–H groups in total. The molecule has 1 unspecified atom stereocenters. The third-order valence-electron chi connectivity index (χ3n) is 10.3. The van der Waals surface area contributed by atoms with Crippen LogP contribution in [0.3, 0.4) is 0 Å². The highest BCUT2D eigenvalue weighted by Crippen LogP contribution is 2.69. The summed E-state index contributed by atoms with van der Waals surface area (Å²) in [7, 11) is 0. The molecule has 2 aromatic carbocycles. The quantitative estimate of drug-likeness (QED) is 0.567. The minimum Gasteiger partial charge on any atom is -0.504 e. The van der Waals surface area contributed by atoms with Crippen molar-refractivity contribution in [3.8, 4) is 11.5 Å². The van der Waals surface area contributed by atoms with Gasteiger partial charge in [-0.1, -0.05) is 36.4 Å². The maximum Gasteiger partial charge on any atom is 0.207 e. The Morgan fingerprint density at radius 1 is 1.00 bits per heavy atom. The Hall–Kier alpha value is -2.12. The average Bonchev–Trinajstić information content (AvgIpc) is 3.48. The molecule has 2 bridgehead atoms. The molecule has 6 aliphatic rings. The van der Waals surface area contributed by atoms with Gasteiger partial charge < -0.3 is 24.1 Å². The lowest BCUT2D eigenvalue weighted by atomic mass is 9.48. The minimum absolute atomic E-state index is 0.229. The van der Waals surface area contributed by atoms with Gasteiger partial charge in [-0.15, -0.1) is 0 Å². The number of fused-ring (bicyclic) bond motifs is 1. The number of phenols is 1. The molecular weight excluding hydrogens is 466 g/mol. The molecule has 4 fully saturated rings. The van der Waals surface area contributed by atoms with E-state index in [4.69, 9.17) is 18.9 Å². The van der Waals surface area contributed by atoms with E-state index in [-0.39, 0.29) is 22.9 Å². The van der Waals surface area contributed by atoms with E-state index in [1.165, 1.54) is 36.1 Å². The number of phenolic OH excluding ortho intramolecular Hbond substituents is 1. The molecule has 4 atom stereocenters. The molecule has 0 amide bonds. The molecule has 2 saturated heterocycles. The van der Waals surface area contributed by atoms with E-state index in [9.17, 15) is 5.11 Å². The SMILES string of the molecule is Oc1ccc2c3c1O[C@H]1C4(CC[C@@]5(OCCCc6ccccc6)C(C2)N(CC2CC2)CC[C@]315)OCCO4. The zero-order valence-corrected chi connectivity index (χ0v) is 21.5. The summed E-state index contributed by atoms with van der Waals surface area (Å²) in [6.45, 7) is 4.09. The second-order valence-electron chi connectivity index (χ2n) is 12.2. The van der Waals surface area contributed by atoms with Crippen LogP contribution >= 0.6 is 0 Å². The number of nitrogens with zero attached hydrogens (tertiary/aromatic N) is 1. The molecule has 0 radical (unpaired) electrons. The third kappa shape index (κ3) is 3.13. The number of likely N-dealkylation sites (tertiary alicyclic amines) is 1. The van der Waals surface area contributed by atoms with Gasteiger partial charge in [0.25, 0.3) is 0 Å². The molecule has 3 aliphatic carbocycles. The summed E-state index contributed by atoms with van der Waals surface area (Å²) in [6, 6.07) is 15.0. The van der Waals surface area contributed by atoms with E-state index < -0.39 is 5.79 Å². The Kier molecular flexibility index (Phi) is 5.05.